The van der Waals surface area contributed by atoms with Crippen molar-refractivity contribution in [3.05, 3.63) is 34.3 Å². The van der Waals surface area contributed by atoms with Gasteiger partial charge in [-0.15, -0.1) is 0 Å². The first kappa shape index (κ1) is 14.7. The van der Waals surface area contributed by atoms with Crippen molar-refractivity contribution in [1.82, 2.24) is 5.32 Å². The summed E-state index contributed by atoms with van der Waals surface area (Å²) in [6, 6.07) is 7.86. The van der Waals surface area contributed by atoms with Gasteiger partial charge >= 0.3 is 0 Å². The molecule has 1 aromatic rings. The van der Waals surface area contributed by atoms with E-state index in [1.807, 2.05) is 31.2 Å². The van der Waals surface area contributed by atoms with Crippen LogP contribution in [0.2, 0.25) is 0 Å². The summed E-state index contributed by atoms with van der Waals surface area (Å²) in [5, 5.41) is 3.21. The first-order chi connectivity index (χ1) is 7.92. The largest absolute Gasteiger partial charge is 0.313 e. The van der Waals surface area contributed by atoms with E-state index in [1.54, 1.807) is 0 Å². The van der Waals surface area contributed by atoms with Crippen LogP contribution in [0.5, 0.6) is 0 Å². The third kappa shape index (κ3) is 5.66. The average molecular weight is 320 g/mol. The molecule has 0 bridgehead atoms. The van der Waals surface area contributed by atoms with Crippen LogP contribution in [0.25, 0.3) is 0 Å². The van der Waals surface area contributed by atoms with Crippen LogP contribution in [0.3, 0.4) is 0 Å². The lowest BCUT2D eigenvalue weighted by molar-refractivity contribution is 0.544. The van der Waals surface area contributed by atoms with E-state index in [1.165, 1.54) is 6.26 Å². The van der Waals surface area contributed by atoms with E-state index in [0.717, 1.165) is 16.6 Å². The van der Waals surface area contributed by atoms with Crippen LogP contribution < -0.4 is 5.32 Å². The standard InChI is InChI=1S/C12H18BrNO2S/c1-3-14-11(9-17(2,15)16)8-10-6-4-5-7-12(10)13/h4-7,11,14H,3,8-9H2,1-2H3. The fourth-order valence-corrected chi connectivity index (χ4v) is 3.19. The summed E-state index contributed by atoms with van der Waals surface area (Å²) in [6.45, 7) is 2.75. The molecule has 1 atom stereocenters. The molecule has 0 heterocycles. The average Bonchev–Trinajstić information content (AvgIpc) is 2.19. The molecule has 0 radical (unpaired) electrons. The van der Waals surface area contributed by atoms with Gasteiger partial charge in [0.2, 0.25) is 0 Å². The van der Waals surface area contributed by atoms with Crippen molar-refractivity contribution in [3.8, 4) is 0 Å². The molecule has 1 rings (SSSR count). The van der Waals surface area contributed by atoms with E-state index in [4.69, 9.17) is 0 Å². The molecule has 0 amide bonds. The third-order valence-corrected chi connectivity index (χ3v) is 4.20. The molecule has 3 nitrogen and oxygen atoms in total. The van der Waals surface area contributed by atoms with Gasteiger partial charge in [-0.25, -0.2) is 8.42 Å². The van der Waals surface area contributed by atoms with Gasteiger partial charge in [-0.05, 0) is 24.6 Å². The third-order valence-electron chi connectivity index (χ3n) is 2.42. The summed E-state index contributed by atoms with van der Waals surface area (Å²) in [6.07, 6.45) is 1.99. The van der Waals surface area contributed by atoms with Crippen molar-refractivity contribution in [2.75, 3.05) is 18.6 Å². The second-order valence-electron chi connectivity index (χ2n) is 4.14. The number of sulfone groups is 1. The van der Waals surface area contributed by atoms with Crippen LogP contribution in [-0.4, -0.2) is 33.0 Å². The van der Waals surface area contributed by atoms with Gasteiger partial charge in [-0.3, -0.25) is 0 Å². The number of likely N-dealkylation sites (N-methyl/N-ethyl adjacent to an activating group) is 1. The maximum atomic E-state index is 11.3. The molecule has 17 heavy (non-hydrogen) atoms. The molecule has 0 saturated carbocycles. The van der Waals surface area contributed by atoms with E-state index < -0.39 is 9.84 Å². The first-order valence-electron chi connectivity index (χ1n) is 5.57. The highest BCUT2D eigenvalue weighted by Gasteiger charge is 2.15. The maximum absolute atomic E-state index is 11.3. The minimum absolute atomic E-state index is 0.0336. The number of hydrogen-bond acceptors (Lipinski definition) is 3. The minimum atomic E-state index is -2.96. The SMILES string of the molecule is CCNC(Cc1ccccc1Br)CS(C)(=O)=O. The first-order valence-corrected chi connectivity index (χ1v) is 8.42. The van der Waals surface area contributed by atoms with Crippen molar-refractivity contribution in [2.45, 2.75) is 19.4 Å². The Bertz CT molecular complexity index is 459. The van der Waals surface area contributed by atoms with Gasteiger partial charge in [0, 0.05) is 16.8 Å². The van der Waals surface area contributed by atoms with Crippen LogP contribution in [0.1, 0.15) is 12.5 Å². The van der Waals surface area contributed by atoms with E-state index in [0.29, 0.717) is 6.42 Å². The minimum Gasteiger partial charge on any atom is -0.313 e. The molecule has 0 aliphatic heterocycles. The Balaban J connectivity index is 2.77. The zero-order valence-corrected chi connectivity index (χ0v) is 12.5. The Morgan fingerprint density at radius 1 is 1.35 bits per heavy atom. The van der Waals surface area contributed by atoms with Gasteiger partial charge in [0.15, 0.2) is 0 Å². The topological polar surface area (TPSA) is 46.2 Å². The zero-order valence-electron chi connectivity index (χ0n) is 10.1. The molecule has 5 heteroatoms. The number of rotatable bonds is 6. The Morgan fingerprint density at radius 2 is 2.00 bits per heavy atom. The monoisotopic (exact) mass is 319 g/mol. The Labute approximate surface area is 112 Å². The molecule has 0 spiro atoms. The van der Waals surface area contributed by atoms with Crippen LogP contribution in [0, 0.1) is 0 Å². The van der Waals surface area contributed by atoms with E-state index in [2.05, 4.69) is 21.2 Å². The van der Waals surface area contributed by atoms with Crippen molar-refractivity contribution >= 4 is 25.8 Å². The lowest BCUT2D eigenvalue weighted by Crippen LogP contribution is -2.37. The Hall–Kier alpha value is -0.390. The molecule has 1 unspecified atom stereocenters. The lowest BCUT2D eigenvalue weighted by Gasteiger charge is -2.17. The normalized spacial score (nSPS) is 13.6. The maximum Gasteiger partial charge on any atom is 0.148 e. The molecule has 96 valence electrons. The van der Waals surface area contributed by atoms with Gasteiger partial charge in [0.1, 0.15) is 9.84 Å². The molecule has 0 fully saturated rings. The highest BCUT2D eigenvalue weighted by molar-refractivity contribution is 9.10. The number of hydrogen-bond donors (Lipinski definition) is 1. The quantitative estimate of drug-likeness (QED) is 0.872. The summed E-state index contributed by atoms with van der Waals surface area (Å²) >= 11 is 3.48. The van der Waals surface area contributed by atoms with E-state index >= 15 is 0 Å². The van der Waals surface area contributed by atoms with Gasteiger partial charge in [0.25, 0.3) is 0 Å². The number of nitrogens with one attached hydrogen (secondary N) is 1. The number of halogens is 1. The summed E-state index contributed by atoms with van der Waals surface area (Å²) < 4.78 is 23.7. The molecular weight excluding hydrogens is 302 g/mol. The molecular formula is C12H18BrNO2S. The van der Waals surface area contributed by atoms with Gasteiger partial charge < -0.3 is 5.32 Å². The van der Waals surface area contributed by atoms with E-state index in [-0.39, 0.29) is 11.8 Å². The molecule has 1 aromatic carbocycles. The van der Waals surface area contributed by atoms with E-state index in [9.17, 15) is 8.42 Å². The predicted octanol–water partition coefficient (Wildman–Crippen LogP) is 2.01. The summed E-state index contributed by atoms with van der Waals surface area (Å²) in [7, 11) is -2.96. The molecule has 0 aliphatic carbocycles. The number of benzene rings is 1. The molecule has 0 saturated heterocycles. The van der Waals surface area contributed by atoms with Crippen molar-refractivity contribution < 1.29 is 8.42 Å². The highest BCUT2D eigenvalue weighted by atomic mass is 79.9. The Kier molecular flexibility index (Phi) is 5.62. The van der Waals surface area contributed by atoms with Crippen molar-refractivity contribution in [1.29, 1.82) is 0 Å². The predicted molar refractivity (Wildman–Crippen MR) is 75.0 cm³/mol. The van der Waals surface area contributed by atoms with Crippen molar-refractivity contribution in [2.24, 2.45) is 0 Å². The van der Waals surface area contributed by atoms with Gasteiger partial charge in [0.05, 0.1) is 5.75 Å². The smallest absolute Gasteiger partial charge is 0.148 e. The second-order valence-corrected chi connectivity index (χ2v) is 7.18. The second kappa shape index (κ2) is 6.52. The fraction of sp³-hybridized carbons (Fsp3) is 0.500. The Morgan fingerprint density at radius 3 is 2.53 bits per heavy atom. The fourth-order valence-electron chi connectivity index (χ4n) is 1.77. The zero-order chi connectivity index (χ0) is 12.9. The van der Waals surface area contributed by atoms with Gasteiger partial charge in [-0.1, -0.05) is 41.1 Å². The van der Waals surface area contributed by atoms with Crippen LogP contribution in [0.15, 0.2) is 28.7 Å². The summed E-state index contributed by atoms with van der Waals surface area (Å²) in [4.78, 5) is 0. The molecule has 0 aromatic heterocycles. The van der Waals surface area contributed by atoms with Gasteiger partial charge in [-0.2, -0.15) is 0 Å². The van der Waals surface area contributed by atoms with Crippen LogP contribution in [-0.2, 0) is 16.3 Å². The van der Waals surface area contributed by atoms with Crippen LogP contribution >= 0.6 is 15.9 Å². The molecule has 0 aliphatic rings. The summed E-state index contributed by atoms with van der Waals surface area (Å²) in [5.41, 5.74) is 1.13. The lowest BCUT2D eigenvalue weighted by atomic mass is 10.1. The summed E-state index contributed by atoms with van der Waals surface area (Å²) in [5.74, 6) is 0.169. The molecule has 1 N–H and O–H groups in total. The van der Waals surface area contributed by atoms with Crippen LogP contribution in [0.4, 0.5) is 0 Å². The highest BCUT2D eigenvalue weighted by Crippen LogP contribution is 2.17. The van der Waals surface area contributed by atoms with Crippen molar-refractivity contribution in [3.63, 3.8) is 0 Å².